The van der Waals surface area contributed by atoms with Crippen molar-refractivity contribution in [2.24, 2.45) is 5.92 Å². The van der Waals surface area contributed by atoms with E-state index in [0.717, 1.165) is 30.0 Å². The quantitative estimate of drug-likeness (QED) is 0.895. The summed E-state index contributed by atoms with van der Waals surface area (Å²) in [6.45, 7) is 8.01. The Morgan fingerprint density at radius 2 is 2.05 bits per heavy atom. The summed E-state index contributed by atoms with van der Waals surface area (Å²) >= 11 is 12.2. The fourth-order valence-corrected chi connectivity index (χ4v) is 2.25. The van der Waals surface area contributed by atoms with Gasteiger partial charge in [-0.1, -0.05) is 43.1 Å². The van der Waals surface area contributed by atoms with Crippen LogP contribution in [0, 0.1) is 12.8 Å². The molecule has 0 amide bonds. The first kappa shape index (κ1) is 15.4. The van der Waals surface area contributed by atoms with Crippen LogP contribution in [0.4, 0.5) is 0 Å². The van der Waals surface area contributed by atoms with E-state index in [2.05, 4.69) is 24.3 Å². The number of hydrogen-bond acceptors (Lipinski definition) is 2. The summed E-state index contributed by atoms with van der Waals surface area (Å²) < 4.78 is 1.79. The van der Waals surface area contributed by atoms with Crippen molar-refractivity contribution in [3.8, 4) is 5.69 Å². The number of benzene rings is 1. The Kier molecular flexibility index (Phi) is 5.08. The van der Waals surface area contributed by atoms with Crippen LogP contribution in [0.15, 0.2) is 24.4 Å². The van der Waals surface area contributed by atoms with Crippen LogP contribution in [0.25, 0.3) is 5.69 Å². The molecule has 0 aliphatic carbocycles. The Morgan fingerprint density at radius 1 is 1.30 bits per heavy atom. The lowest BCUT2D eigenvalue weighted by Gasteiger charge is -2.12. The molecule has 0 unspecified atom stereocenters. The highest BCUT2D eigenvalue weighted by Crippen LogP contribution is 2.22. The highest BCUT2D eigenvalue weighted by atomic mass is 35.5. The summed E-state index contributed by atoms with van der Waals surface area (Å²) in [5.41, 5.74) is 2.92. The van der Waals surface area contributed by atoms with Crippen LogP contribution in [-0.4, -0.2) is 16.3 Å². The van der Waals surface area contributed by atoms with E-state index >= 15 is 0 Å². The lowest BCUT2D eigenvalue weighted by Crippen LogP contribution is -2.20. The van der Waals surface area contributed by atoms with E-state index in [1.807, 2.05) is 31.3 Å². The van der Waals surface area contributed by atoms with Crippen molar-refractivity contribution < 1.29 is 0 Å². The minimum atomic E-state index is 0.618. The zero-order chi connectivity index (χ0) is 14.7. The van der Waals surface area contributed by atoms with Gasteiger partial charge in [-0.15, -0.1) is 0 Å². The Bertz CT molecular complexity index is 571. The number of hydrogen-bond donors (Lipinski definition) is 1. The van der Waals surface area contributed by atoms with Crippen LogP contribution in [0.3, 0.4) is 0 Å². The van der Waals surface area contributed by atoms with Crippen LogP contribution < -0.4 is 5.32 Å². The van der Waals surface area contributed by atoms with E-state index in [-0.39, 0.29) is 0 Å². The van der Waals surface area contributed by atoms with Crippen LogP contribution in [0.1, 0.15) is 25.1 Å². The van der Waals surface area contributed by atoms with Crippen molar-refractivity contribution >= 4 is 23.2 Å². The van der Waals surface area contributed by atoms with Crippen molar-refractivity contribution in [2.45, 2.75) is 27.3 Å². The van der Waals surface area contributed by atoms with Crippen LogP contribution >= 0.6 is 23.2 Å². The summed E-state index contributed by atoms with van der Waals surface area (Å²) in [5.74, 6) is 0.618. The van der Waals surface area contributed by atoms with E-state index < -0.39 is 0 Å². The smallest absolute Gasteiger partial charge is 0.0819 e. The monoisotopic (exact) mass is 311 g/mol. The maximum atomic E-state index is 6.10. The Labute approximate surface area is 129 Å². The Morgan fingerprint density at radius 3 is 2.65 bits per heavy atom. The molecule has 20 heavy (non-hydrogen) atoms. The molecule has 2 aromatic rings. The van der Waals surface area contributed by atoms with Crippen molar-refractivity contribution in [3.63, 3.8) is 0 Å². The SMILES string of the molecule is Cc1nn(-c2cc(Cl)ccc2CNCC(C)C)cc1Cl. The highest BCUT2D eigenvalue weighted by Gasteiger charge is 2.09. The number of aromatic nitrogens is 2. The third kappa shape index (κ3) is 3.75. The summed E-state index contributed by atoms with van der Waals surface area (Å²) in [5, 5.41) is 9.21. The van der Waals surface area contributed by atoms with Crippen LogP contribution in [0.5, 0.6) is 0 Å². The van der Waals surface area contributed by atoms with Crippen molar-refractivity contribution in [1.82, 2.24) is 15.1 Å². The molecule has 0 saturated carbocycles. The van der Waals surface area contributed by atoms with Crippen LogP contribution in [-0.2, 0) is 6.54 Å². The molecule has 0 aliphatic rings. The maximum absolute atomic E-state index is 6.10. The minimum Gasteiger partial charge on any atom is -0.312 e. The fraction of sp³-hybridized carbons (Fsp3) is 0.400. The molecule has 3 nitrogen and oxygen atoms in total. The second-order valence-electron chi connectivity index (χ2n) is 5.30. The Hall–Kier alpha value is -1.03. The number of nitrogens with zero attached hydrogens (tertiary/aromatic N) is 2. The molecule has 1 N–H and O–H groups in total. The topological polar surface area (TPSA) is 29.9 Å². The first-order valence-corrected chi connectivity index (χ1v) is 7.44. The van der Waals surface area contributed by atoms with E-state index in [1.165, 1.54) is 0 Å². The van der Waals surface area contributed by atoms with Gasteiger partial charge in [-0.05, 0) is 37.1 Å². The average molecular weight is 312 g/mol. The third-order valence-electron chi connectivity index (χ3n) is 3.00. The summed E-state index contributed by atoms with van der Waals surface area (Å²) in [6.07, 6.45) is 1.81. The van der Waals surface area contributed by atoms with Gasteiger partial charge in [0.1, 0.15) is 0 Å². The summed E-state index contributed by atoms with van der Waals surface area (Å²) in [4.78, 5) is 0. The van der Waals surface area contributed by atoms with Crippen molar-refractivity contribution in [3.05, 3.63) is 45.7 Å². The predicted molar refractivity (Wildman–Crippen MR) is 84.9 cm³/mol. The van der Waals surface area contributed by atoms with Gasteiger partial charge >= 0.3 is 0 Å². The van der Waals surface area contributed by atoms with Gasteiger partial charge in [0, 0.05) is 17.8 Å². The fourth-order valence-electron chi connectivity index (χ4n) is 1.96. The Balaban J connectivity index is 2.28. The first-order chi connectivity index (χ1) is 9.47. The number of nitrogens with one attached hydrogen (secondary N) is 1. The molecule has 1 aromatic heterocycles. The first-order valence-electron chi connectivity index (χ1n) is 6.68. The van der Waals surface area contributed by atoms with Gasteiger partial charge in [-0.25, -0.2) is 4.68 Å². The molecular formula is C15H19Cl2N3. The molecule has 0 spiro atoms. The molecule has 0 aliphatic heterocycles. The minimum absolute atomic E-state index is 0.618. The molecular weight excluding hydrogens is 293 g/mol. The number of aryl methyl sites for hydroxylation is 1. The van der Waals surface area contributed by atoms with Gasteiger partial charge in [0.2, 0.25) is 0 Å². The average Bonchev–Trinajstić information content (AvgIpc) is 2.71. The maximum Gasteiger partial charge on any atom is 0.0819 e. The lowest BCUT2D eigenvalue weighted by atomic mass is 10.1. The zero-order valence-corrected chi connectivity index (χ0v) is 13.5. The van der Waals surface area contributed by atoms with Crippen molar-refractivity contribution in [2.75, 3.05) is 6.54 Å². The van der Waals surface area contributed by atoms with E-state index in [0.29, 0.717) is 16.0 Å². The molecule has 2 rings (SSSR count). The molecule has 0 fully saturated rings. The highest BCUT2D eigenvalue weighted by molar-refractivity contribution is 6.31. The molecule has 1 heterocycles. The van der Waals surface area contributed by atoms with Gasteiger partial charge < -0.3 is 5.32 Å². The predicted octanol–water partition coefficient (Wildman–Crippen LogP) is 4.23. The number of rotatable bonds is 5. The molecule has 0 bridgehead atoms. The standard InChI is InChI=1S/C15H19Cl2N3/c1-10(2)7-18-8-12-4-5-13(16)6-15(12)20-9-14(17)11(3)19-20/h4-6,9-10,18H,7-8H2,1-3H3. The molecule has 5 heteroatoms. The largest absolute Gasteiger partial charge is 0.312 e. The molecule has 0 atom stereocenters. The van der Waals surface area contributed by atoms with Gasteiger partial charge in [-0.3, -0.25) is 0 Å². The molecule has 0 saturated heterocycles. The van der Waals surface area contributed by atoms with E-state index in [9.17, 15) is 0 Å². The summed E-state index contributed by atoms with van der Waals surface area (Å²) in [7, 11) is 0. The summed E-state index contributed by atoms with van der Waals surface area (Å²) in [6, 6.07) is 5.84. The zero-order valence-electron chi connectivity index (χ0n) is 12.0. The molecule has 108 valence electrons. The van der Waals surface area contributed by atoms with E-state index in [1.54, 1.807) is 4.68 Å². The van der Waals surface area contributed by atoms with Crippen molar-refractivity contribution in [1.29, 1.82) is 0 Å². The normalized spacial score (nSPS) is 11.3. The van der Waals surface area contributed by atoms with E-state index in [4.69, 9.17) is 23.2 Å². The molecule has 0 radical (unpaired) electrons. The van der Waals surface area contributed by atoms with Crippen LogP contribution in [0.2, 0.25) is 10.0 Å². The van der Waals surface area contributed by atoms with Gasteiger partial charge in [0.15, 0.2) is 0 Å². The second kappa shape index (κ2) is 6.61. The number of halogens is 2. The lowest BCUT2D eigenvalue weighted by molar-refractivity contribution is 0.551. The second-order valence-corrected chi connectivity index (χ2v) is 6.15. The third-order valence-corrected chi connectivity index (χ3v) is 3.61. The molecule has 1 aromatic carbocycles. The van der Waals surface area contributed by atoms with Gasteiger partial charge in [-0.2, -0.15) is 5.10 Å². The van der Waals surface area contributed by atoms with Gasteiger partial charge in [0.25, 0.3) is 0 Å². The van der Waals surface area contributed by atoms with Gasteiger partial charge in [0.05, 0.1) is 16.4 Å².